The first kappa shape index (κ1) is 12.9. The van der Waals surface area contributed by atoms with Gasteiger partial charge in [0.1, 0.15) is 0 Å². The van der Waals surface area contributed by atoms with Crippen LogP contribution in [0.3, 0.4) is 0 Å². The molecule has 2 aliphatic carbocycles. The molecule has 6 nitrogen and oxygen atoms in total. The van der Waals surface area contributed by atoms with E-state index >= 15 is 0 Å². The van der Waals surface area contributed by atoms with Gasteiger partial charge in [-0.2, -0.15) is 5.10 Å². The van der Waals surface area contributed by atoms with Crippen molar-refractivity contribution >= 4 is 11.9 Å². The maximum absolute atomic E-state index is 12.6. The smallest absolute Gasteiger partial charge is 0.307 e. The summed E-state index contributed by atoms with van der Waals surface area (Å²) in [5, 5.41) is 15.9. The van der Waals surface area contributed by atoms with Gasteiger partial charge in [-0.05, 0) is 18.3 Å². The Hall–Kier alpha value is -2.11. The third-order valence-electron chi connectivity index (χ3n) is 4.38. The lowest BCUT2D eigenvalue weighted by atomic mass is 9.82. The van der Waals surface area contributed by atoms with Gasteiger partial charge in [0, 0.05) is 25.4 Å². The predicted octanol–water partition coefficient (Wildman–Crippen LogP) is 0.891. The highest BCUT2D eigenvalue weighted by molar-refractivity contribution is 5.86. The monoisotopic (exact) mass is 275 g/mol. The molecule has 1 fully saturated rings. The number of nitrogens with zero attached hydrogens (tertiary/aromatic N) is 2. The molecule has 6 heteroatoms. The van der Waals surface area contributed by atoms with Crippen molar-refractivity contribution in [3.05, 3.63) is 30.1 Å². The fourth-order valence-electron chi connectivity index (χ4n) is 3.47. The Morgan fingerprint density at radius 2 is 2.10 bits per heavy atom. The first-order valence-electron chi connectivity index (χ1n) is 6.71. The Bertz CT molecular complexity index is 552. The van der Waals surface area contributed by atoms with Gasteiger partial charge in [-0.15, -0.1) is 0 Å². The van der Waals surface area contributed by atoms with Gasteiger partial charge < -0.3 is 10.0 Å². The standard InChI is InChI=1S/C14H17N3O3/c1-17(7-8-5-15-16-6-8)13(18)11-9-2-3-10(4-9)12(11)14(19)20/h2-3,5-6,9-12H,4,7H2,1H3,(H,15,16)(H,19,20)/t9?,10?,11-,12+/m0/s1. The zero-order valence-electron chi connectivity index (χ0n) is 11.2. The second-order valence-electron chi connectivity index (χ2n) is 5.64. The minimum Gasteiger partial charge on any atom is -0.481 e. The van der Waals surface area contributed by atoms with Crippen LogP contribution in [0.5, 0.6) is 0 Å². The molecule has 1 heterocycles. The number of nitrogens with one attached hydrogen (secondary N) is 1. The highest BCUT2D eigenvalue weighted by Gasteiger charge is 2.52. The summed E-state index contributed by atoms with van der Waals surface area (Å²) in [6.07, 6.45) is 8.13. The first-order valence-corrected chi connectivity index (χ1v) is 6.71. The summed E-state index contributed by atoms with van der Waals surface area (Å²) >= 11 is 0. The van der Waals surface area contributed by atoms with Crippen LogP contribution in [0.4, 0.5) is 0 Å². The quantitative estimate of drug-likeness (QED) is 0.799. The number of aromatic nitrogens is 2. The molecule has 3 rings (SSSR count). The maximum Gasteiger partial charge on any atom is 0.307 e. The number of H-pyrrole nitrogens is 1. The largest absolute Gasteiger partial charge is 0.481 e. The highest BCUT2D eigenvalue weighted by Crippen LogP contribution is 2.48. The molecule has 0 aliphatic heterocycles. The van der Waals surface area contributed by atoms with Gasteiger partial charge in [0.15, 0.2) is 0 Å². The van der Waals surface area contributed by atoms with Crippen LogP contribution in [0.15, 0.2) is 24.5 Å². The normalized spacial score (nSPS) is 30.6. The fraction of sp³-hybridized carbons (Fsp3) is 0.500. The van der Waals surface area contributed by atoms with E-state index in [9.17, 15) is 14.7 Å². The number of amides is 1. The van der Waals surface area contributed by atoms with Crippen molar-refractivity contribution in [2.24, 2.45) is 23.7 Å². The molecule has 2 N–H and O–H groups in total. The van der Waals surface area contributed by atoms with E-state index in [1.807, 2.05) is 12.2 Å². The fourth-order valence-corrected chi connectivity index (χ4v) is 3.47. The summed E-state index contributed by atoms with van der Waals surface area (Å²) in [7, 11) is 1.71. The minimum absolute atomic E-state index is 0.00813. The molecule has 1 saturated carbocycles. The molecule has 2 bridgehead atoms. The van der Waals surface area contributed by atoms with E-state index in [1.54, 1.807) is 24.3 Å². The van der Waals surface area contributed by atoms with Gasteiger partial charge in [-0.25, -0.2) is 0 Å². The van der Waals surface area contributed by atoms with Crippen molar-refractivity contribution < 1.29 is 14.7 Å². The van der Waals surface area contributed by atoms with Gasteiger partial charge in [0.2, 0.25) is 5.91 Å². The number of carbonyl (C=O) groups excluding carboxylic acids is 1. The van der Waals surface area contributed by atoms with Crippen LogP contribution in [0.2, 0.25) is 0 Å². The molecule has 0 aromatic carbocycles. The van der Waals surface area contributed by atoms with Crippen molar-refractivity contribution in [2.75, 3.05) is 7.05 Å². The topological polar surface area (TPSA) is 86.3 Å². The lowest BCUT2D eigenvalue weighted by molar-refractivity contribution is -0.150. The molecule has 1 aromatic heterocycles. The number of hydrogen-bond donors (Lipinski definition) is 2. The lowest BCUT2D eigenvalue weighted by Gasteiger charge is -2.28. The number of fused-ring (bicyclic) bond motifs is 2. The molecular weight excluding hydrogens is 258 g/mol. The zero-order valence-corrected chi connectivity index (χ0v) is 11.2. The zero-order chi connectivity index (χ0) is 14.3. The Morgan fingerprint density at radius 3 is 2.70 bits per heavy atom. The Labute approximate surface area is 116 Å². The third-order valence-corrected chi connectivity index (χ3v) is 4.38. The molecule has 0 radical (unpaired) electrons. The molecule has 0 saturated heterocycles. The third kappa shape index (κ3) is 2.01. The average Bonchev–Trinajstić information content (AvgIpc) is 3.12. The van der Waals surface area contributed by atoms with Crippen molar-refractivity contribution in [3.63, 3.8) is 0 Å². The van der Waals surface area contributed by atoms with E-state index in [4.69, 9.17) is 0 Å². The summed E-state index contributed by atoms with van der Waals surface area (Å²) in [6.45, 7) is 0.444. The highest BCUT2D eigenvalue weighted by atomic mass is 16.4. The molecule has 4 atom stereocenters. The number of aromatic amines is 1. The molecule has 106 valence electrons. The summed E-state index contributed by atoms with van der Waals surface area (Å²) < 4.78 is 0. The van der Waals surface area contributed by atoms with Crippen LogP contribution < -0.4 is 0 Å². The van der Waals surface area contributed by atoms with Crippen LogP contribution in [0.25, 0.3) is 0 Å². The number of aliphatic carboxylic acids is 1. The van der Waals surface area contributed by atoms with E-state index < -0.39 is 17.8 Å². The van der Waals surface area contributed by atoms with Crippen molar-refractivity contribution in [1.82, 2.24) is 15.1 Å². The minimum atomic E-state index is -0.864. The number of rotatable bonds is 4. The van der Waals surface area contributed by atoms with Gasteiger partial charge in [-0.3, -0.25) is 14.7 Å². The summed E-state index contributed by atoms with van der Waals surface area (Å²) in [4.78, 5) is 25.6. The van der Waals surface area contributed by atoms with Crippen LogP contribution in [-0.2, 0) is 16.1 Å². The first-order chi connectivity index (χ1) is 9.58. The van der Waals surface area contributed by atoms with Gasteiger partial charge in [0.25, 0.3) is 0 Å². The second-order valence-corrected chi connectivity index (χ2v) is 5.64. The molecule has 0 spiro atoms. The van der Waals surface area contributed by atoms with Crippen molar-refractivity contribution in [3.8, 4) is 0 Å². The second kappa shape index (κ2) is 4.77. The maximum atomic E-state index is 12.6. The molecule has 2 aliphatic rings. The SMILES string of the molecule is CN(Cc1cn[nH]c1)C(=O)[C@H]1C2C=CC(C2)[C@H]1C(=O)O. The van der Waals surface area contributed by atoms with Gasteiger partial charge in [-0.1, -0.05) is 12.2 Å². The summed E-state index contributed by atoms with van der Waals surface area (Å²) in [5.41, 5.74) is 0.909. The number of carboxylic acid groups (broad SMARTS) is 1. The van der Waals surface area contributed by atoms with E-state index in [0.29, 0.717) is 6.54 Å². The number of allylic oxidation sites excluding steroid dienone is 2. The number of hydrogen-bond acceptors (Lipinski definition) is 3. The van der Waals surface area contributed by atoms with E-state index in [-0.39, 0.29) is 17.7 Å². The van der Waals surface area contributed by atoms with E-state index in [0.717, 1.165) is 12.0 Å². The molecule has 1 aromatic rings. The Kier molecular flexibility index (Phi) is 3.08. The van der Waals surface area contributed by atoms with Crippen molar-refractivity contribution in [1.29, 1.82) is 0 Å². The van der Waals surface area contributed by atoms with Crippen LogP contribution in [0, 0.1) is 23.7 Å². The number of carboxylic acids is 1. The predicted molar refractivity (Wildman–Crippen MR) is 70.4 cm³/mol. The van der Waals surface area contributed by atoms with Gasteiger partial charge >= 0.3 is 5.97 Å². The summed E-state index contributed by atoms with van der Waals surface area (Å²) in [6, 6.07) is 0. The summed E-state index contributed by atoms with van der Waals surface area (Å²) in [5.74, 6) is -1.88. The number of carbonyl (C=O) groups is 2. The Balaban J connectivity index is 1.76. The molecule has 2 unspecified atom stereocenters. The van der Waals surface area contributed by atoms with E-state index in [1.165, 1.54) is 0 Å². The molecular formula is C14H17N3O3. The van der Waals surface area contributed by atoms with E-state index in [2.05, 4.69) is 10.2 Å². The van der Waals surface area contributed by atoms with Crippen LogP contribution in [0.1, 0.15) is 12.0 Å². The molecule has 20 heavy (non-hydrogen) atoms. The lowest BCUT2D eigenvalue weighted by Crippen LogP contribution is -2.40. The van der Waals surface area contributed by atoms with Crippen molar-refractivity contribution in [2.45, 2.75) is 13.0 Å². The van der Waals surface area contributed by atoms with Crippen LogP contribution >= 0.6 is 0 Å². The van der Waals surface area contributed by atoms with Crippen LogP contribution in [-0.4, -0.2) is 39.1 Å². The Morgan fingerprint density at radius 1 is 1.40 bits per heavy atom. The molecule has 1 amide bonds. The van der Waals surface area contributed by atoms with Gasteiger partial charge in [0.05, 0.1) is 18.0 Å². The average molecular weight is 275 g/mol.